The van der Waals surface area contributed by atoms with Crippen molar-refractivity contribution in [3.05, 3.63) is 88.9 Å². The molecule has 1 aliphatic heterocycles. The standard InChI is InChI=1S/C31H31N3O6S2/c1-4-9-24-18-22(2)29(23(3)19-24)30-25(35)20-31(21-26(30)40-42(38,39)28-11-6-8-15-33-28)12-16-34(17-13-31)41(36,37)27-10-5-7-14-32-27/h5-8,10-11,14-15,18-19H,12-13,16-17,20-21H2,1-3H3. The Bertz CT molecular complexity index is 1810. The summed E-state index contributed by atoms with van der Waals surface area (Å²) in [4.78, 5) is 22.0. The normalized spacial score (nSPS) is 17.5. The van der Waals surface area contributed by atoms with Crippen LogP contribution in [-0.4, -0.2) is 50.0 Å². The largest absolute Gasteiger partial charge is 0.382 e. The van der Waals surface area contributed by atoms with Gasteiger partial charge < -0.3 is 4.18 Å². The lowest BCUT2D eigenvalue weighted by Crippen LogP contribution is -2.45. The number of aryl methyl sites for hydroxylation is 2. The Labute approximate surface area is 246 Å². The lowest BCUT2D eigenvalue weighted by atomic mass is 9.67. The summed E-state index contributed by atoms with van der Waals surface area (Å²) in [5, 5.41) is -0.294. The number of Topliss-reactive ketones (excluding diaryl/α,β-unsaturated/α-hetero) is 1. The molecule has 9 nitrogen and oxygen atoms in total. The van der Waals surface area contributed by atoms with Crippen molar-refractivity contribution in [2.75, 3.05) is 13.1 Å². The summed E-state index contributed by atoms with van der Waals surface area (Å²) in [7, 11) is -8.15. The number of sulfonamides is 1. The maximum absolute atomic E-state index is 14.0. The average molecular weight is 606 g/mol. The van der Waals surface area contributed by atoms with Crippen LogP contribution in [0.4, 0.5) is 0 Å². The van der Waals surface area contributed by atoms with Crippen molar-refractivity contribution in [1.82, 2.24) is 14.3 Å². The monoisotopic (exact) mass is 605 g/mol. The van der Waals surface area contributed by atoms with E-state index in [-0.39, 0.29) is 53.1 Å². The number of benzene rings is 1. The minimum absolute atomic E-state index is 0.0320. The molecular formula is C31H31N3O6S2. The van der Waals surface area contributed by atoms with Crippen LogP contribution >= 0.6 is 0 Å². The number of hydrogen-bond donors (Lipinski definition) is 0. The van der Waals surface area contributed by atoms with Gasteiger partial charge in [-0.15, -0.1) is 5.92 Å². The van der Waals surface area contributed by atoms with Crippen molar-refractivity contribution in [2.24, 2.45) is 5.41 Å². The number of allylic oxidation sites excluding steroid dienone is 2. The van der Waals surface area contributed by atoms with Crippen molar-refractivity contribution < 1.29 is 25.8 Å². The topological polar surface area (TPSA) is 124 Å². The van der Waals surface area contributed by atoms with Crippen LogP contribution in [0.25, 0.3) is 5.57 Å². The van der Waals surface area contributed by atoms with Gasteiger partial charge in [-0.25, -0.2) is 18.4 Å². The van der Waals surface area contributed by atoms with E-state index < -0.39 is 25.6 Å². The number of rotatable bonds is 6. The second kappa shape index (κ2) is 11.4. The van der Waals surface area contributed by atoms with E-state index >= 15 is 0 Å². The number of hydrogen-bond acceptors (Lipinski definition) is 8. The lowest BCUT2D eigenvalue weighted by molar-refractivity contribution is -0.117. The summed E-state index contributed by atoms with van der Waals surface area (Å²) in [6, 6.07) is 12.9. The van der Waals surface area contributed by atoms with Gasteiger partial charge in [0, 0.05) is 43.9 Å². The molecule has 1 aliphatic carbocycles. The first kappa shape index (κ1) is 29.6. The van der Waals surface area contributed by atoms with Gasteiger partial charge >= 0.3 is 10.1 Å². The van der Waals surface area contributed by atoms with Crippen molar-refractivity contribution in [3.8, 4) is 11.8 Å². The molecule has 0 atom stereocenters. The van der Waals surface area contributed by atoms with E-state index in [9.17, 15) is 21.6 Å². The van der Waals surface area contributed by atoms with Gasteiger partial charge in [-0.3, -0.25) is 4.79 Å². The second-order valence-electron chi connectivity index (χ2n) is 10.7. The quantitative estimate of drug-likeness (QED) is 0.299. The highest BCUT2D eigenvalue weighted by molar-refractivity contribution is 7.89. The van der Waals surface area contributed by atoms with E-state index in [0.29, 0.717) is 18.4 Å². The first-order valence-corrected chi connectivity index (χ1v) is 16.4. The third-order valence-electron chi connectivity index (χ3n) is 7.81. The molecule has 0 amide bonds. The summed E-state index contributed by atoms with van der Waals surface area (Å²) in [6.45, 7) is 5.81. The summed E-state index contributed by atoms with van der Waals surface area (Å²) >= 11 is 0. The van der Waals surface area contributed by atoms with Gasteiger partial charge in [-0.1, -0.05) is 18.1 Å². The van der Waals surface area contributed by atoms with Gasteiger partial charge in [0.2, 0.25) is 0 Å². The SMILES string of the molecule is CC#Cc1cc(C)c(C2=C(OS(=O)(=O)c3ccccn3)CC3(CCN(S(=O)(=O)c4ccccn4)CC3)CC2=O)c(C)c1. The number of aromatic nitrogens is 2. The van der Waals surface area contributed by atoms with E-state index in [4.69, 9.17) is 4.18 Å². The van der Waals surface area contributed by atoms with Crippen LogP contribution in [0.15, 0.2) is 76.7 Å². The average Bonchev–Trinajstić information content (AvgIpc) is 2.95. The van der Waals surface area contributed by atoms with Crippen LogP contribution in [0.5, 0.6) is 0 Å². The molecular weight excluding hydrogens is 574 g/mol. The zero-order valence-corrected chi connectivity index (χ0v) is 25.3. The Morgan fingerprint density at radius 2 is 1.48 bits per heavy atom. The Kier molecular flexibility index (Phi) is 8.07. The molecule has 0 radical (unpaired) electrons. The molecule has 1 saturated heterocycles. The van der Waals surface area contributed by atoms with Gasteiger partial charge in [0.15, 0.2) is 15.8 Å². The van der Waals surface area contributed by atoms with E-state index in [1.807, 2.05) is 26.0 Å². The zero-order valence-electron chi connectivity index (χ0n) is 23.6. The number of ketones is 1. The van der Waals surface area contributed by atoms with Crippen molar-refractivity contribution in [3.63, 3.8) is 0 Å². The first-order chi connectivity index (χ1) is 20.0. The maximum Gasteiger partial charge on any atom is 0.356 e. The second-order valence-corrected chi connectivity index (χ2v) is 14.1. The van der Waals surface area contributed by atoms with Crippen molar-refractivity contribution in [1.29, 1.82) is 0 Å². The molecule has 0 saturated carbocycles. The van der Waals surface area contributed by atoms with E-state index in [2.05, 4.69) is 21.8 Å². The van der Waals surface area contributed by atoms with E-state index in [1.165, 1.54) is 28.8 Å². The number of carbonyl (C=O) groups excluding carboxylic acids is 1. The highest BCUT2D eigenvalue weighted by Gasteiger charge is 2.46. The number of pyridine rings is 2. The number of piperidine rings is 1. The molecule has 42 heavy (non-hydrogen) atoms. The van der Waals surface area contributed by atoms with Crippen molar-refractivity contribution in [2.45, 2.75) is 56.5 Å². The van der Waals surface area contributed by atoms with Gasteiger partial charge in [-0.05, 0) is 92.1 Å². The highest BCUT2D eigenvalue weighted by Crippen LogP contribution is 2.49. The van der Waals surface area contributed by atoms with Gasteiger partial charge in [0.05, 0.1) is 5.57 Å². The molecule has 2 aliphatic rings. The summed E-state index contributed by atoms with van der Waals surface area (Å²) in [6.07, 6.45) is 3.81. The molecule has 0 N–H and O–H groups in total. The van der Waals surface area contributed by atoms with E-state index in [0.717, 1.165) is 16.7 Å². The first-order valence-electron chi connectivity index (χ1n) is 13.5. The summed E-state index contributed by atoms with van der Waals surface area (Å²) in [5.41, 5.74) is 2.54. The minimum Gasteiger partial charge on any atom is -0.382 e. The van der Waals surface area contributed by atoms with Crippen LogP contribution < -0.4 is 0 Å². The Balaban J connectivity index is 1.54. The van der Waals surface area contributed by atoms with Gasteiger partial charge in [-0.2, -0.15) is 12.7 Å². The summed E-state index contributed by atoms with van der Waals surface area (Å²) < 4.78 is 60.2. The molecule has 11 heteroatoms. The molecule has 1 aromatic carbocycles. The lowest BCUT2D eigenvalue weighted by Gasteiger charge is -2.43. The fourth-order valence-corrected chi connectivity index (χ4v) is 8.16. The van der Waals surface area contributed by atoms with Crippen molar-refractivity contribution >= 4 is 31.5 Å². The number of nitrogens with zero attached hydrogens (tertiary/aromatic N) is 3. The molecule has 2 aromatic heterocycles. The van der Waals surface area contributed by atoms with Gasteiger partial charge in [0.25, 0.3) is 10.0 Å². The molecule has 218 valence electrons. The third-order valence-corrected chi connectivity index (χ3v) is 10.8. The highest BCUT2D eigenvalue weighted by atomic mass is 32.2. The molecule has 0 bridgehead atoms. The third kappa shape index (κ3) is 5.75. The molecule has 1 fully saturated rings. The fourth-order valence-electron chi connectivity index (χ4n) is 5.86. The Morgan fingerprint density at radius 1 is 0.881 bits per heavy atom. The van der Waals surface area contributed by atoms with E-state index in [1.54, 1.807) is 31.2 Å². The summed E-state index contributed by atoms with van der Waals surface area (Å²) in [5.74, 6) is 5.72. The molecule has 0 unspecified atom stereocenters. The predicted molar refractivity (Wildman–Crippen MR) is 157 cm³/mol. The molecule has 5 rings (SSSR count). The van der Waals surface area contributed by atoms with Crippen LogP contribution in [-0.2, 0) is 29.1 Å². The van der Waals surface area contributed by atoms with Gasteiger partial charge in [0.1, 0.15) is 5.76 Å². The smallest absolute Gasteiger partial charge is 0.356 e. The predicted octanol–water partition coefficient (Wildman–Crippen LogP) is 4.42. The number of carbonyl (C=O) groups is 1. The Hall–Kier alpha value is -3.85. The van der Waals surface area contributed by atoms with Crippen LogP contribution in [0, 0.1) is 31.1 Å². The zero-order chi connectivity index (χ0) is 30.1. The van der Waals surface area contributed by atoms with Crippen LogP contribution in [0.3, 0.4) is 0 Å². The Morgan fingerprint density at radius 3 is 2.02 bits per heavy atom. The maximum atomic E-state index is 14.0. The minimum atomic E-state index is -4.35. The fraction of sp³-hybridized carbons (Fsp3) is 0.323. The molecule has 1 spiro atoms. The molecule has 3 aromatic rings. The molecule has 3 heterocycles. The van der Waals surface area contributed by atoms with Crippen LogP contribution in [0.1, 0.15) is 54.9 Å². The van der Waals surface area contributed by atoms with Crippen LogP contribution in [0.2, 0.25) is 0 Å².